The number of rotatable bonds is 4. The van der Waals surface area contributed by atoms with Gasteiger partial charge in [0.25, 0.3) is 0 Å². The van der Waals surface area contributed by atoms with Crippen LogP contribution < -0.4 is 16.0 Å². The van der Waals surface area contributed by atoms with Gasteiger partial charge in [-0.25, -0.2) is 9.97 Å². The molecule has 106 valence electrons. The number of anilines is 2. The van der Waals surface area contributed by atoms with Crippen molar-refractivity contribution in [2.75, 3.05) is 23.7 Å². The Balaban J connectivity index is 0.00000133. The first kappa shape index (κ1) is 14.3. The van der Waals surface area contributed by atoms with Crippen LogP contribution >= 0.6 is 12.4 Å². The largest absolute Gasteiger partial charge is 0.384 e. The molecule has 1 saturated heterocycles. The van der Waals surface area contributed by atoms with Crippen LogP contribution in [0.5, 0.6) is 0 Å². The van der Waals surface area contributed by atoms with Crippen molar-refractivity contribution in [2.24, 2.45) is 0 Å². The summed E-state index contributed by atoms with van der Waals surface area (Å²) in [6, 6.07) is 3.14. The van der Waals surface area contributed by atoms with Crippen molar-refractivity contribution in [2.45, 2.75) is 44.2 Å². The molecule has 2 fully saturated rings. The zero-order chi connectivity index (χ0) is 12.4. The van der Waals surface area contributed by atoms with Crippen LogP contribution in [0.15, 0.2) is 12.4 Å². The van der Waals surface area contributed by atoms with Gasteiger partial charge in [0.2, 0.25) is 0 Å². The summed E-state index contributed by atoms with van der Waals surface area (Å²) in [6.07, 6.45) is 8.02. The molecule has 1 saturated carbocycles. The van der Waals surface area contributed by atoms with Gasteiger partial charge in [0.05, 0.1) is 0 Å². The number of hydrogen-bond acceptors (Lipinski definition) is 5. The van der Waals surface area contributed by atoms with Gasteiger partial charge >= 0.3 is 0 Å². The van der Waals surface area contributed by atoms with E-state index in [2.05, 4.69) is 20.2 Å². The van der Waals surface area contributed by atoms with Crippen LogP contribution in [-0.4, -0.2) is 35.1 Å². The van der Waals surface area contributed by atoms with E-state index in [4.69, 9.17) is 5.73 Å². The SMILES string of the molecule is Cl.Nc1cc(N(CC2CCCCN2)C2CC2)ncn1. The Bertz CT molecular complexity index is 404. The Hall–Kier alpha value is -1.07. The van der Waals surface area contributed by atoms with Crippen molar-refractivity contribution in [3.63, 3.8) is 0 Å². The molecule has 0 spiro atoms. The number of piperidine rings is 1. The highest BCUT2D eigenvalue weighted by Crippen LogP contribution is 2.31. The van der Waals surface area contributed by atoms with Gasteiger partial charge in [0, 0.05) is 24.7 Å². The molecule has 1 aliphatic heterocycles. The summed E-state index contributed by atoms with van der Waals surface area (Å²) in [7, 11) is 0. The van der Waals surface area contributed by atoms with Gasteiger partial charge in [-0.05, 0) is 32.2 Å². The Morgan fingerprint density at radius 2 is 2.11 bits per heavy atom. The first-order chi connectivity index (χ1) is 8.83. The number of nitrogens with zero attached hydrogens (tertiary/aromatic N) is 3. The minimum absolute atomic E-state index is 0. The van der Waals surface area contributed by atoms with E-state index in [1.807, 2.05) is 6.07 Å². The molecule has 1 atom stereocenters. The molecule has 0 radical (unpaired) electrons. The van der Waals surface area contributed by atoms with E-state index >= 15 is 0 Å². The van der Waals surface area contributed by atoms with E-state index in [1.54, 1.807) is 6.33 Å². The molecule has 1 aromatic rings. The van der Waals surface area contributed by atoms with Crippen molar-refractivity contribution in [1.29, 1.82) is 0 Å². The molecule has 0 bridgehead atoms. The van der Waals surface area contributed by atoms with E-state index in [1.165, 1.54) is 32.1 Å². The van der Waals surface area contributed by atoms with Crippen LogP contribution in [0, 0.1) is 0 Å². The fourth-order valence-electron chi connectivity index (χ4n) is 2.65. The first-order valence-electron chi connectivity index (χ1n) is 6.90. The molecule has 5 nitrogen and oxygen atoms in total. The molecule has 2 aliphatic rings. The third-order valence-corrected chi connectivity index (χ3v) is 3.79. The van der Waals surface area contributed by atoms with Crippen molar-refractivity contribution in [1.82, 2.24) is 15.3 Å². The second kappa shape index (κ2) is 6.39. The van der Waals surface area contributed by atoms with E-state index in [-0.39, 0.29) is 12.4 Å². The van der Waals surface area contributed by atoms with Gasteiger partial charge in [0.15, 0.2) is 0 Å². The minimum atomic E-state index is 0. The molecular weight excluding hydrogens is 262 g/mol. The maximum atomic E-state index is 5.76. The van der Waals surface area contributed by atoms with E-state index in [0.29, 0.717) is 17.9 Å². The second-order valence-corrected chi connectivity index (χ2v) is 5.33. The molecule has 1 unspecified atom stereocenters. The molecule has 3 rings (SSSR count). The van der Waals surface area contributed by atoms with Crippen LogP contribution in [0.3, 0.4) is 0 Å². The third kappa shape index (κ3) is 3.70. The molecular formula is C13H22ClN5. The summed E-state index contributed by atoms with van der Waals surface area (Å²) in [4.78, 5) is 10.8. The predicted molar refractivity (Wildman–Crippen MR) is 79.7 cm³/mol. The van der Waals surface area contributed by atoms with Crippen LogP contribution in [0.1, 0.15) is 32.1 Å². The van der Waals surface area contributed by atoms with Crippen LogP contribution in [0.2, 0.25) is 0 Å². The maximum Gasteiger partial charge on any atom is 0.134 e. The molecule has 2 heterocycles. The lowest BCUT2D eigenvalue weighted by atomic mass is 10.0. The Kier molecular flexibility index (Phi) is 4.82. The first-order valence-corrected chi connectivity index (χ1v) is 6.90. The quantitative estimate of drug-likeness (QED) is 0.878. The van der Waals surface area contributed by atoms with Gasteiger partial charge < -0.3 is 16.0 Å². The number of nitrogen functional groups attached to an aromatic ring is 1. The molecule has 19 heavy (non-hydrogen) atoms. The number of nitrogens with two attached hydrogens (primary N) is 1. The highest BCUT2D eigenvalue weighted by atomic mass is 35.5. The van der Waals surface area contributed by atoms with Gasteiger partial charge in [-0.15, -0.1) is 12.4 Å². The van der Waals surface area contributed by atoms with E-state index < -0.39 is 0 Å². The third-order valence-electron chi connectivity index (χ3n) is 3.79. The van der Waals surface area contributed by atoms with Crippen molar-refractivity contribution in [3.8, 4) is 0 Å². The zero-order valence-electron chi connectivity index (χ0n) is 11.1. The van der Waals surface area contributed by atoms with Gasteiger partial charge in [-0.3, -0.25) is 0 Å². The Morgan fingerprint density at radius 3 is 2.74 bits per heavy atom. The second-order valence-electron chi connectivity index (χ2n) is 5.33. The molecule has 0 aromatic carbocycles. The topological polar surface area (TPSA) is 67.1 Å². The normalized spacial score (nSPS) is 22.6. The predicted octanol–water partition coefficient (Wildman–Crippen LogP) is 1.59. The summed E-state index contributed by atoms with van der Waals surface area (Å²) in [5, 5.41) is 3.60. The van der Waals surface area contributed by atoms with Crippen molar-refractivity contribution < 1.29 is 0 Å². The lowest BCUT2D eigenvalue weighted by molar-refractivity contribution is 0.397. The highest BCUT2D eigenvalue weighted by molar-refractivity contribution is 5.85. The Labute approximate surface area is 120 Å². The number of halogens is 1. The standard InChI is InChI=1S/C13H21N5.ClH/c14-12-7-13(17-9-16-12)18(11-4-5-11)8-10-3-1-2-6-15-10;/h7,9-11,15H,1-6,8H2,(H2,14,16,17);1H. The summed E-state index contributed by atoms with van der Waals surface area (Å²) < 4.78 is 0. The van der Waals surface area contributed by atoms with Gasteiger partial charge in [-0.1, -0.05) is 6.42 Å². The average molecular weight is 284 g/mol. The average Bonchev–Trinajstić information content (AvgIpc) is 3.21. The monoisotopic (exact) mass is 283 g/mol. The molecule has 3 N–H and O–H groups in total. The van der Waals surface area contributed by atoms with Gasteiger partial charge in [-0.2, -0.15) is 0 Å². The molecule has 6 heteroatoms. The lowest BCUT2D eigenvalue weighted by Crippen LogP contribution is -2.44. The fourth-order valence-corrected chi connectivity index (χ4v) is 2.65. The number of nitrogens with one attached hydrogen (secondary N) is 1. The number of aromatic nitrogens is 2. The Morgan fingerprint density at radius 1 is 1.26 bits per heavy atom. The maximum absolute atomic E-state index is 5.76. The van der Waals surface area contributed by atoms with Crippen LogP contribution in [-0.2, 0) is 0 Å². The summed E-state index contributed by atoms with van der Waals surface area (Å²) in [5.41, 5.74) is 5.76. The lowest BCUT2D eigenvalue weighted by Gasteiger charge is -2.31. The summed E-state index contributed by atoms with van der Waals surface area (Å²) >= 11 is 0. The zero-order valence-corrected chi connectivity index (χ0v) is 11.9. The molecule has 0 amide bonds. The van der Waals surface area contributed by atoms with Crippen molar-refractivity contribution in [3.05, 3.63) is 12.4 Å². The molecule has 1 aliphatic carbocycles. The van der Waals surface area contributed by atoms with E-state index in [0.717, 1.165) is 18.9 Å². The molecule has 1 aromatic heterocycles. The van der Waals surface area contributed by atoms with Crippen LogP contribution in [0.25, 0.3) is 0 Å². The highest BCUT2D eigenvalue weighted by Gasteiger charge is 2.32. The van der Waals surface area contributed by atoms with E-state index in [9.17, 15) is 0 Å². The number of hydrogen-bond donors (Lipinski definition) is 2. The smallest absolute Gasteiger partial charge is 0.134 e. The fraction of sp³-hybridized carbons (Fsp3) is 0.692. The summed E-state index contributed by atoms with van der Waals surface area (Å²) in [5.74, 6) is 1.54. The van der Waals surface area contributed by atoms with Crippen LogP contribution in [0.4, 0.5) is 11.6 Å². The minimum Gasteiger partial charge on any atom is -0.384 e. The van der Waals surface area contributed by atoms with Gasteiger partial charge in [0.1, 0.15) is 18.0 Å². The summed E-state index contributed by atoms with van der Waals surface area (Å²) in [6.45, 7) is 2.19. The van der Waals surface area contributed by atoms with Crippen molar-refractivity contribution >= 4 is 24.0 Å².